The van der Waals surface area contributed by atoms with Crippen molar-refractivity contribution in [3.05, 3.63) is 60.7 Å². The second-order valence-electron chi connectivity index (χ2n) is 9.11. The van der Waals surface area contributed by atoms with Gasteiger partial charge >= 0.3 is 7.60 Å². The van der Waals surface area contributed by atoms with Gasteiger partial charge in [0.2, 0.25) is 0 Å². The highest BCUT2D eigenvalue weighted by Crippen LogP contribution is 2.48. The Balaban J connectivity index is 2.08. The Bertz CT molecular complexity index is 846. The standard InChI is InChI=1S/C26H39O5PSi/c1-6-29-32(28,30-7-2)22-23(27)16-14-15-21-31-33(26(3,4)5,24-17-10-8-11-18-24)25-19-12-9-13-20-25/h8-13,17-20H,6-7,14-16,21-22H2,1-5H3. The van der Waals surface area contributed by atoms with E-state index >= 15 is 0 Å². The quantitative estimate of drug-likeness (QED) is 0.197. The Morgan fingerprint density at radius 2 is 1.33 bits per heavy atom. The average molecular weight is 491 g/mol. The molecule has 0 unspecified atom stereocenters. The molecule has 0 heterocycles. The van der Waals surface area contributed by atoms with Crippen LogP contribution >= 0.6 is 7.60 Å². The van der Waals surface area contributed by atoms with Crippen molar-refractivity contribution in [3.8, 4) is 0 Å². The number of hydrogen-bond acceptors (Lipinski definition) is 5. The molecule has 0 spiro atoms. The van der Waals surface area contributed by atoms with Crippen LogP contribution in [-0.4, -0.2) is 40.1 Å². The first-order valence-electron chi connectivity index (χ1n) is 11.8. The molecule has 7 heteroatoms. The van der Waals surface area contributed by atoms with Gasteiger partial charge < -0.3 is 13.5 Å². The summed E-state index contributed by atoms with van der Waals surface area (Å²) in [6.07, 6.45) is 1.61. The van der Waals surface area contributed by atoms with Crippen LogP contribution in [0.2, 0.25) is 5.04 Å². The number of benzene rings is 2. The predicted molar refractivity (Wildman–Crippen MR) is 138 cm³/mol. The topological polar surface area (TPSA) is 61.8 Å². The molecule has 0 atom stereocenters. The van der Waals surface area contributed by atoms with Crippen LogP contribution in [0.25, 0.3) is 0 Å². The van der Waals surface area contributed by atoms with Crippen LogP contribution in [0, 0.1) is 0 Å². The Kier molecular flexibility index (Phi) is 10.7. The number of ketones is 1. The summed E-state index contributed by atoms with van der Waals surface area (Å²) in [5, 5.41) is 2.41. The predicted octanol–water partition coefficient (Wildman–Crippen LogP) is 5.57. The number of hydrogen-bond donors (Lipinski definition) is 0. The van der Waals surface area contributed by atoms with E-state index in [9.17, 15) is 9.36 Å². The molecule has 0 amide bonds. The molecule has 0 saturated heterocycles. The van der Waals surface area contributed by atoms with Crippen LogP contribution in [0.15, 0.2) is 60.7 Å². The Hall–Kier alpha value is -1.56. The normalized spacial score (nSPS) is 12.6. The molecule has 0 aliphatic rings. The fourth-order valence-electron chi connectivity index (χ4n) is 4.23. The van der Waals surface area contributed by atoms with Gasteiger partial charge in [0.05, 0.1) is 13.2 Å². The van der Waals surface area contributed by atoms with E-state index in [1.807, 2.05) is 12.1 Å². The maximum absolute atomic E-state index is 12.6. The van der Waals surface area contributed by atoms with Crippen LogP contribution < -0.4 is 10.4 Å². The molecule has 33 heavy (non-hydrogen) atoms. The molecule has 0 saturated carbocycles. The summed E-state index contributed by atoms with van der Waals surface area (Å²) < 4.78 is 29.9. The first-order valence-corrected chi connectivity index (χ1v) is 15.5. The van der Waals surface area contributed by atoms with Crippen molar-refractivity contribution >= 4 is 32.1 Å². The van der Waals surface area contributed by atoms with Gasteiger partial charge in [0.15, 0.2) is 0 Å². The monoisotopic (exact) mass is 490 g/mol. The number of carbonyl (C=O) groups is 1. The second kappa shape index (κ2) is 12.8. The average Bonchev–Trinajstić information content (AvgIpc) is 2.77. The zero-order valence-corrected chi connectivity index (χ0v) is 22.6. The molecule has 0 bridgehead atoms. The fourth-order valence-corrected chi connectivity index (χ4v) is 10.5. The van der Waals surface area contributed by atoms with Gasteiger partial charge in [-0.25, -0.2) is 0 Å². The molecule has 2 rings (SSSR count). The maximum Gasteiger partial charge on any atom is 0.338 e. The van der Waals surface area contributed by atoms with Gasteiger partial charge in [0, 0.05) is 13.0 Å². The zero-order chi connectivity index (χ0) is 24.4. The molecule has 2 aromatic rings. The Morgan fingerprint density at radius 3 is 1.76 bits per heavy atom. The molecule has 2 aromatic carbocycles. The first-order chi connectivity index (χ1) is 15.7. The number of Topliss-reactive ketones (excluding diaryl/α,β-unsaturated/α-hetero) is 1. The van der Waals surface area contributed by atoms with Gasteiger partial charge in [0.1, 0.15) is 11.9 Å². The van der Waals surface area contributed by atoms with Crippen LogP contribution in [-0.2, 0) is 22.8 Å². The minimum Gasteiger partial charge on any atom is -0.407 e. The molecular weight excluding hydrogens is 451 g/mol. The van der Waals surface area contributed by atoms with Gasteiger partial charge in [-0.1, -0.05) is 81.4 Å². The van der Waals surface area contributed by atoms with Gasteiger partial charge in [0.25, 0.3) is 8.32 Å². The summed E-state index contributed by atoms with van der Waals surface area (Å²) in [6, 6.07) is 21.0. The zero-order valence-electron chi connectivity index (χ0n) is 20.7. The lowest BCUT2D eigenvalue weighted by molar-refractivity contribution is -0.117. The fraction of sp³-hybridized carbons (Fsp3) is 0.500. The second-order valence-corrected chi connectivity index (χ2v) is 15.5. The van der Waals surface area contributed by atoms with Crippen LogP contribution in [0.5, 0.6) is 0 Å². The van der Waals surface area contributed by atoms with E-state index < -0.39 is 15.9 Å². The Labute approximate surface area is 200 Å². The summed E-state index contributed by atoms with van der Waals surface area (Å²) in [5.41, 5.74) is 0. The lowest BCUT2D eigenvalue weighted by Crippen LogP contribution is -2.66. The van der Waals surface area contributed by atoms with Crippen molar-refractivity contribution in [1.29, 1.82) is 0 Å². The number of carbonyl (C=O) groups excluding carboxylic acids is 1. The SMILES string of the molecule is CCOP(=O)(CC(=O)CCCCO[Si](c1ccccc1)(c1ccccc1)C(C)(C)C)OCC. The van der Waals surface area contributed by atoms with Gasteiger partial charge in [-0.05, 0) is 42.1 Å². The van der Waals surface area contributed by atoms with E-state index in [4.69, 9.17) is 13.5 Å². The van der Waals surface area contributed by atoms with Crippen molar-refractivity contribution in [2.24, 2.45) is 0 Å². The van der Waals surface area contributed by atoms with Crippen molar-refractivity contribution in [2.75, 3.05) is 26.0 Å². The molecule has 182 valence electrons. The summed E-state index contributed by atoms with van der Waals surface area (Å²) in [5.74, 6) is -0.0920. The van der Waals surface area contributed by atoms with Crippen LogP contribution in [0.1, 0.15) is 53.9 Å². The third-order valence-corrected chi connectivity index (χ3v) is 12.7. The summed E-state index contributed by atoms with van der Waals surface area (Å²) in [7, 11) is -5.89. The molecule has 5 nitrogen and oxygen atoms in total. The van der Waals surface area contributed by atoms with E-state index in [2.05, 4.69) is 69.3 Å². The molecular formula is C26H39O5PSi. The van der Waals surface area contributed by atoms with Gasteiger partial charge in [-0.15, -0.1) is 0 Å². The summed E-state index contributed by atoms with van der Waals surface area (Å²) in [4.78, 5) is 12.4. The van der Waals surface area contributed by atoms with Crippen molar-refractivity contribution in [3.63, 3.8) is 0 Å². The molecule has 0 aromatic heterocycles. The van der Waals surface area contributed by atoms with Crippen molar-refractivity contribution in [1.82, 2.24) is 0 Å². The minimum atomic E-state index is -3.33. The largest absolute Gasteiger partial charge is 0.407 e. The van der Waals surface area contributed by atoms with Crippen LogP contribution in [0.4, 0.5) is 0 Å². The maximum atomic E-state index is 12.6. The van der Waals surface area contributed by atoms with Gasteiger partial charge in [-0.3, -0.25) is 9.36 Å². The molecule has 0 aliphatic heterocycles. The number of unbranched alkanes of at least 4 members (excludes halogenated alkanes) is 1. The summed E-state index contributed by atoms with van der Waals surface area (Å²) in [6.45, 7) is 11.3. The molecule has 0 radical (unpaired) electrons. The van der Waals surface area contributed by atoms with Crippen molar-refractivity contribution < 1.29 is 22.8 Å². The first kappa shape index (κ1) is 27.7. The molecule has 0 aliphatic carbocycles. The minimum absolute atomic E-state index is 0.0762. The third kappa shape index (κ3) is 7.46. The smallest absolute Gasteiger partial charge is 0.338 e. The van der Waals surface area contributed by atoms with E-state index in [0.717, 1.165) is 6.42 Å². The van der Waals surface area contributed by atoms with Crippen LogP contribution in [0.3, 0.4) is 0 Å². The third-order valence-electron chi connectivity index (χ3n) is 5.61. The van der Waals surface area contributed by atoms with E-state index in [-0.39, 0.29) is 30.2 Å². The highest BCUT2D eigenvalue weighted by molar-refractivity contribution is 7.54. The highest BCUT2D eigenvalue weighted by Gasteiger charge is 2.49. The Morgan fingerprint density at radius 1 is 0.848 bits per heavy atom. The lowest BCUT2D eigenvalue weighted by Gasteiger charge is -2.43. The van der Waals surface area contributed by atoms with Crippen molar-refractivity contribution in [2.45, 2.75) is 58.9 Å². The summed E-state index contributed by atoms with van der Waals surface area (Å²) >= 11 is 0. The molecule has 0 N–H and O–H groups in total. The molecule has 0 fully saturated rings. The highest BCUT2D eigenvalue weighted by atomic mass is 31.2. The van der Waals surface area contributed by atoms with E-state index in [1.165, 1.54) is 10.4 Å². The number of rotatable bonds is 14. The van der Waals surface area contributed by atoms with E-state index in [0.29, 0.717) is 19.4 Å². The lowest BCUT2D eigenvalue weighted by atomic mass is 10.2. The van der Waals surface area contributed by atoms with E-state index in [1.54, 1.807) is 13.8 Å². The van der Waals surface area contributed by atoms with Gasteiger partial charge in [-0.2, -0.15) is 0 Å².